The summed E-state index contributed by atoms with van der Waals surface area (Å²) in [5, 5.41) is 12.5. The van der Waals surface area contributed by atoms with E-state index in [1.165, 1.54) is 35.8 Å². The Balaban J connectivity index is 1.95. The average Bonchev–Trinajstić information content (AvgIpc) is 2.52. The number of phenolic OH excluding ortho intramolecular Hbond substituents is 1. The minimum absolute atomic E-state index is 0.406. The maximum atomic E-state index is 10.1. The molecule has 3 heteroatoms. The number of aryl methyl sites for hydroxylation is 1. The highest BCUT2D eigenvalue weighted by molar-refractivity contribution is 7.56. The number of aromatic hydroxyl groups is 1. The van der Waals surface area contributed by atoms with Crippen molar-refractivity contribution in [3.05, 3.63) is 48.0 Å². The van der Waals surface area contributed by atoms with Crippen LogP contribution in [0.2, 0.25) is 0 Å². The third kappa shape index (κ3) is 3.22. The van der Waals surface area contributed by atoms with Crippen LogP contribution in [0.4, 0.5) is 5.69 Å². The first-order valence-corrected chi connectivity index (χ1v) is 8.65. The van der Waals surface area contributed by atoms with Crippen molar-refractivity contribution in [1.82, 2.24) is 0 Å². The monoisotopic (exact) mass is 299 g/mol. The molecule has 0 aliphatic carbocycles. The van der Waals surface area contributed by atoms with Crippen molar-refractivity contribution in [3.8, 4) is 5.75 Å². The van der Waals surface area contributed by atoms with Crippen LogP contribution in [0.15, 0.2) is 42.5 Å². The number of nitrogens with zero attached hydrogens (tertiary/aromatic N) is 1. The molecule has 0 amide bonds. The predicted octanol–water partition coefficient (Wildman–Crippen LogP) is 3.32. The Bertz CT molecular complexity index is 620. The summed E-state index contributed by atoms with van der Waals surface area (Å²) in [5.74, 6) is 0.406. The van der Waals surface area contributed by atoms with Crippen molar-refractivity contribution in [3.63, 3.8) is 0 Å². The van der Waals surface area contributed by atoms with E-state index < -0.39 is 0 Å². The molecule has 110 valence electrons. The third-order valence-corrected chi connectivity index (χ3v) is 5.70. The molecule has 1 N–H and O–H groups in total. The lowest BCUT2D eigenvalue weighted by Crippen LogP contribution is -2.33. The number of hydrogen-bond donors (Lipinski definition) is 1. The fourth-order valence-electron chi connectivity index (χ4n) is 2.93. The molecule has 2 nitrogen and oxygen atoms in total. The number of benzene rings is 2. The topological polar surface area (TPSA) is 23.5 Å². The van der Waals surface area contributed by atoms with Gasteiger partial charge >= 0.3 is 0 Å². The van der Waals surface area contributed by atoms with E-state index in [1.54, 1.807) is 6.07 Å². The zero-order valence-corrected chi connectivity index (χ0v) is 13.5. The minimum Gasteiger partial charge on any atom is -0.507 e. The van der Waals surface area contributed by atoms with E-state index in [2.05, 4.69) is 30.0 Å². The number of rotatable bonds is 3. The van der Waals surface area contributed by atoms with Gasteiger partial charge in [0.05, 0.1) is 0 Å². The SMILES string of the molecule is Cc1cccc(N2CCCCC2)c1Pc1ccccc1O. The van der Waals surface area contributed by atoms with Crippen LogP contribution < -0.4 is 15.5 Å². The Morgan fingerprint density at radius 2 is 1.71 bits per heavy atom. The van der Waals surface area contributed by atoms with Gasteiger partial charge in [-0.15, -0.1) is 0 Å². The Morgan fingerprint density at radius 1 is 0.952 bits per heavy atom. The Labute approximate surface area is 128 Å². The molecule has 0 bridgehead atoms. The molecule has 2 aromatic carbocycles. The van der Waals surface area contributed by atoms with Crippen molar-refractivity contribution < 1.29 is 5.11 Å². The van der Waals surface area contributed by atoms with E-state index in [0.717, 1.165) is 18.4 Å². The first-order chi connectivity index (χ1) is 10.3. The van der Waals surface area contributed by atoms with E-state index in [1.807, 2.05) is 18.2 Å². The highest BCUT2D eigenvalue weighted by Crippen LogP contribution is 2.27. The summed E-state index contributed by atoms with van der Waals surface area (Å²) < 4.78 is 0. The Morgan fingerprint density at radius 3 is 2.48 bits per heavy atom. The van der Waals surface area contributed by atoms with Crippen molar-refractivity contribution in [2.75, 3.05) is 18.0 Å². The van der Waals surface area contributed by atoms with Gasteiger partial charge in [-0.05, 0) is 43.9 Å². The quantitative estimate of drug-likeness (QED) is 0.879. The lowest BCUT2D eigenvalue weighted by molar-refractivity contribution is 0.480. The highest BCUT2D eigenvalue weighted by Gasteiger charge is 2.16. The average molecular weight is 299 g/mol. The van der Waals surface area contributed by atoms with Gasteiger partial charge < -0.3 is 10.0 Å². The number of anilines is 1. The van der Waals surface area contributed by atoms with E-state index in [4.69, 9.17) is 0 Å². The van der Waals surface area contributed by atoms with Gasteiger partial charge in [-0.25, -0.2) is 0 Å². The summed E-state index contributed by atoms with van der Waals surface area (Å²) in [4.78, 5) is 2.51. The molecule has 1 aliphatic heterocycles. The van der Waals surface area contributed by atoms with Gasteiger partial charge in [-0.1, -0.05) is 38.9 Å². The Kier molecular flexibility index (Phi) is 4.45. The van der Waals surface area contributed by atoms with Gasteiger partial charge in [-0.2, -0.15) is 0 Å². The van der Waals surface area contributed by atoms with Gasteiger partial charge in [0.1, 0.15) is 5.75 Å². The predicted molar refractivity (Wildman–Crippen MR) is 92.9 cm³/mol. The fraction of sp³-hybridized carbons (Fsp3) is 0.333. The van der Waals surface area contributed by atoms with Crippen molar-refractivity contribution >= 4 is 24.9 Å². The molecule has 2 aromatic rings. The van der Waals surface area contributed by atoms with E-state index in [0.29, 0.717) is 14.3 Å². The zero-order valence-electron chi connectivity index (χ0n) is 12.5. The van der Waals surface area contributed by atoms with Gasteiger partial charge in [0.2, 0.25) is 0 Å². The molecule has 1 saturated heterocycles. The first kappa shape index (κ1) is 14.4. The van der Waals surface area contributed by atoms with Gasteiger partial charge in [0, 0.05) is 29.4 Å². The molecule has 0 spiro atoms. The summed E-state index contributed by atoms with van der Waals surface area (Å²) in [6.45, 7) is 4.49. The summed E-state index contributed by atoms with van der Waals surface area (Å²) in [6, 6.07) is 14.3. The molecule has 3 rings (SSSR count). The lowest BCUT2D eigenvalue weighted by atomic mass is 10.1. The van der Waals surface area contributed by atoms with Crippen LogP contribution in [0.1, 0.15) is 24.8 Å². The third-order valence-electron chi connectivity index (χ3n) is 4.11. The highest BCUT2D eigenvalue weighted by atomic mass is 31.1. The maximum absolute atomic E-state index is 10.1. The second-order valence-electron chi connectivity index (χ2n) is 5.66. The Hall–Kier alpha value is -1.53. The van der Waals surface area contributed by atoms with Gasteiger partial charge in [-0.3, -0.25) is 0 Å². The van der Waals surface area contributed by atoms with Crippen LogP contribution in [-0.4, -0.2) is 18.2 Å². The molecule has 1 atom stereocenters. The van der Waals surface area contributed by atoms with Crippen LogP contribution >= 0.6 is 8.58 Å². The fourth-order valence-corrected chi connectivity index (χ4v) is 4.24. The van der Waals surface area contributed by atoms with Crippen molar-refractivity contribution in [1.29, 1.82) is 0 Å². The molecular formula is C18H22NOP. The molecule has 0 radical (unpaired) electrons. The smallest absolute Gasteiger partial charge is 0.123 e. The normalized spacial score (nSPS) is 15.8. The standard InChI is InChI=1S/C18H22NOP/c1-14-8-7-9-15(19-12-5-2-6-13-19)18(14)21-17-11-4-3-10-16(17)20/h3-4,7-11,20-21H,2,5-6,12-13H2,1H3. The number of phenols is 1. The molecular weight excluding hydrogens is 277 g/mol. The van der Waals surface area contributed by atoms with Crippen LogP contribution in [0.25, 0.3) is 0 Å². The largest absolute Gasteiger partial charge is 0.507 e. The van der Waals surface area contributed by atoms with Gasteiger partial charge in [0.25, 0.3) is 0 Å². The maximum Gasteiger partial charge on any atom is 0.123 e. The van der Waals surface area contributed by atoms with Crippen LogP contribution in [-0.2, 0) is 0 Å². The summed E-state index contributed by atoms with van der Waals surface area (Å²) >= 11 is 0. The van der Waals surface area contributed by atoms with Crippen molar-refractivity contribution in [2.45, 2.75) is 26.2 Å². The summed E-state index contributed by atoms with van der Waals surface area (Å²) in [5.41, 5.74) is 2.68. The number of para-hydroxylation sites is 1. The second kappa shape index (κ2) is 6.49. The summed E-state index contributed by atoms with van der Waals surface area (Å²) in [7, 11) is 0.506. The molecule has 21 heavy (non-hydrogen) atoms. The van der Waals surface area contributed by atoms with E-state index >= 15 is 0 Å². The molecule has 1 fully saturated rings. The molecule has 1 aliphatic rings. The van der Waals surface area contributed by atoms with Crippen LogP contribution in [0.3, 0.4) is 0 Å². The van der Waals surface area contributed by atoms with Crippen LogP contribution in [0, 0.1) is 6.92 Å². The number of piperidine rings is 1. The molecule has 1 unspecified atom stereocenters. The lowest BCUT2D eigenvalue weighted by Gasteiger charge is -2.31. The number of hydrogen-bond acceptors (Lipinski definition) is 2. The summed E-state index contributed by atoms with van der Waals surface area (Å²) in [6.07, 6.45) is 3.92. The minimum atomic E-state index is 0.406. The zero-order chi connectivity index (χ0) is 14.7. The van der Waals surface area contributed by atoms with Gasteiger partial charge in [0.15, 0.2) is 0 Å². The van der Waals surface area contributed by atoms with Crippen molar-refractivity contribution in [2.24, 2.45) is 0 Å². The van der Waals surface area contributed by atoms with E-state index in [-0.39, 0.29) is 0 Å². The molecule has 1 heterocycles. The molecule has 0 saturated carbocycles. The van der Waals surface area contributed by atoms with E-state index in [9.17, 15) is 5.11 Å². The molecule has 0 aromatic heterocycles. The van der Waals surface area contributed by atoms with Crippen LogP contribution in [0.5, 0.6) is 5.75 Å². The second-order valence-corrected chi connectivity index (χ2v) is 6.95. The first-order valence-electron chi connectivity index (χ1n) is 7.65.